The second-order valence-electron chi connectivity index (χ2n) is 7.87. The van der Waals surface area contributed by atoms with Crippen molar-refractivity contribution in [1.82, 2.24) is 20.7 Å². The van der Waals surface area contributed by atoms with Gasteiger partial charge in [0.05, 0.1) is 6.54 Å². The van der Waals surface area contributed by atoms with E-state index >= 15 is 0 Å². The number of hydrogen-bond donors (Lipinski definition) is 2. The zero-order valence-corrected chi connectivity index (χ0v) is 18.9. The van der Waals surface area contributed by atoms with Gasteiger partial charge in [-0.05, 0) is 48.5 Å². The van der Waals surface area contributed by atoms with Crippen molar-refractivity contribution in [3.8, 4) is 0 Å². The fraction of sp³-hybridized carbons (Fsp3) is 0.348. The topological polar surface area (TPSA) is 85.0 Å². The molecule has 0 atom stereocenters. The molecule has 0 aromatic heterocycles. The maximum absolute atomic E-state index is 13.5. The van der Waals surface area contributed by atoms with Gasteiger partial charge in [-0.1, -0.05) is 19.1 Å². The molecule has 35 heavy (non-hydrogen) atoms. The SMILES string of the molecule is CCN1CCN(C(=O)N(Cc2ccc(C(=O)NNC(=O)C(F)(F)F)cc2)c2ccc(F)cc2)CC1. The van der Waals surface area contributed by atoms with E-state index in [1.54, 1.807) is 22.5 Å². The molecule has 8 nitrogen and oxygen atoms in total. The van der Waals surface area contributed by atoms with Gasteiger partial charge in [0.2, 0.25) is 0 Å². The van der Waals surface area contributed by atoms with E-state index in [1.807, 2.05) is 0 Å². The predicted octanol–water partition coefficient (Wildman–Crippen LogP) is 2.91. The van der Waals surface area contributed by atoms with Crippen LogP contribution >= 0.6 is 0 Å². The molecule has 3 rings (SSSR count). The maximum Gasteiger partial charge on any atom is 0.472 e. The van der Waals surface area contributed by atoms with E-state index in [1.165, 1.54) is 46.7 Å². The van der Waals surface area contributed by atoms with Crippen molar-refractivity contribution in [2.75, 3.05) is 37.6 Å². The first-order valence-electron chi connectivity index (χ1n) is 10.9. The number of hydrogen-bond acceptors (Lipinski definition) is 4. The number of hydrazine groups is 1. The largest absolute Gasteiger partial charge is 0.472 e. The Kier molecular flexibility index (Phi) is 8.28. The first-order valence-corrected chi connectivity index (χ1v) is 10.9. The Balaban J connectivity index is 1.71. The summed E-state index contributed by atoms with van der Waals surface area (Å²) in [6, 6.07) is 11.1. The number of anilines is 1. The number of piperazine rings is 1. The molecule has 4 amide bonds. The van der Waals surface area contributed by atoms with E-state index in [2.05, 4.69) is 11.8 Å². The number of amides is 4. The number of halogens is 4. The summed E-state index contributed by atoms with van der Waals surface area (Å²) < 4.78 is 50.2. The summed E-state index contributed by atoms with van der Waals surface area (Å²) in [6.45, 7) is 5.65. The van der Waals surface area contributed by atoms with Crippen LogP contribution in [-0.2, 0) is 11.3 Å². The molecule has 1 fully saturated rings. The molecule has 1 heterocycles. The van der Waals surface area contributed by atoms with Gasteiger partial charge in [0.25, 0.3) is 5.91 Å². The van der Waals surface area contributed by atoms with Crippen LogP contribution in [0.4, 0.5) is 28.0 Å². The third-order valence-electron chi connectivity index (χ3n) is 5.56. The normalized spacial score (nSPS) is 14.4. The zero-order chi connectivity index (χ0) is 25.6. The van der Waals surface area contributed by atoms with Gasteiger partial charge in [-0.25, -0.2) is 9.18 Å². The Morgan fingerprint density at radius 2 is 1.51 bits per heavy atom. The molecule has 1 aliphatic heterocycles. The highest BCUT2D eigenvalue weighted by Gasteiger charge is 2.39. The van der Waals surface area contributed by atoms with Crippen molar-refractivity contribution in [3.05, 3.63) is 65.5 Å². The number of carbonyl (C=O) groups excluding carboxylic acids is 3. The molecule has 0 radical (unpaired) electrons. The molecule has 2 aromatic rings. The second kappa shape index (κ2) is 11.2. The van der Waals surface area contributed by atoms with Gasteiger partial charge in [-0.2, -0.15) is 13.2 Å². The van der Waals surface area contributed by atoms with E-state index in [9.17, 15) is 31.9 Å². The van der Waals surface area contributed by atoms with Gasteiger partial charge < -0.3 is 9.80 Å². The average molecular weight is 495 g/mol. The second-order valence-corrected chi connectivity index (χ2v) is 7.87. The van der Waals surface area contributed by atoms with Crippen molar-refractivity contribution in [3.63, 3.8) is 0 Å². The van der Waals surface area contributed by atoms with Crippen LogP contribution in [0.1, 0.15) is 22.8 Å². The summed E-state index contributed by atoms with van der Waals surface area (Å²) in [4.78, 5) is 41.7. The number of carbonyl (C=O) groups is 3. The number of likely N-dealkylation sites (N-methyl/N-ethyl adjacent to an activating group) is 1. The number of nitrogens with zero attached hydrogens (tertiary/aromatic N) is 3. The minimum absolute atomic E-state index is 0.00608. The number of nitrogens with one attached hydrogen (secondary N) is 2. The number of rotatable bonds is 5. The number of benzene rings is 2. The highest BCUT2D eigenvalue weighted by Crippen LogP contribution is 2.21. The van der Waals surface area contributed by atoms with Gasteiger partial charge in [0, 0.05) is 37.4 Å². The quantitative estimate of drug-likeness (QED) is 0.494. The highest BCUT2D eigenvalue weighted by molar-refractivity contribution is 5.96. The van der Waals surface area contributed by atoms with Gasteiger partial charge in [-0.3, -0.25) is 25.3 Å². The number of urea groups is 1. The lowest BCUT2D eigenvalue weighted by molar-refractivity contribution is -0.174. The van der Waals surface area contributed by atoms with Crippen molar-refractivity contribution < 1.29 is 31.9 Å². The average Bonchev–Trinajstić information content (AvgIpc) is 2.85. The lowest BCUT2D eigenvalue weighted by Gasteiger charge is -2.37. The van der Waals surface area contributed by atoms with Crippen LogP contribution in [0.15, 0.2) is 48.5 Å². The molecular formula is C23H25F4N5O3. The fourth-order valence-corrected chi connectivity index (χ4v) is 3.52. The Morgan fingerprint density at radius 1 is 0.914 bits per heavy atom. The summed E-state index contributed by atoms with van der Waals surface area (Å²) in [5.74, 6) is -3.67. The molecule has 12 heteroatoms. The Bertz CT molecular complexity index is 1040. The first kappa shape index (κ1) is 25.9. The summed E-state index contributed by atoms with van der Waals surface area (Å²) in [7, 11) is 0. The lowest BCUT2D eigenvalue weighted by atomic mass is 10.1. The van der Waals surface area contributed by atoms with Crippen LogP contribution in [-0.4, -0.2) is 66.5 Å². The predicted molar refractivity (Wildman–Crippen MR) is 120 cm³/mol. The molecular weight excluding hydrogens is 470 g/mol. The summed E-state index contributed by atoms with van der Waals surface area (Å²) in [5.41, 5.74) is 4.12. The molecule has 0 aliphatic carbocycles. The number of alkyl halides is 3. The maximum atomic E-state index is 13.5. The summed E-state index contributed by atoms with van der Waals surface area (Å²) in [6.07, 6.45) is -5.13. The third kappa shape index (κ3) is 6.92. The Hall–Kier alpha value is -3.67. The van der Waals surface area contributed by atoms with Crippen molar-refractivity contribution in [2.24, 2.45) is 0 Å². The molecule has 0 saturated carbocycles. The minimum Gasteiger partial charge on any atom is -0.322 e. The third-order valence-corrected chi connectivity index (χ3v) is 5.56. The van der Waals surface area contributed by atoms with E-state index < -0.39 is 23.8 Å². The van der Waals surface area contributed by atoms with E-state index in [4.69, 9.17) is 0 Å². The zero-order valence-electron chi connectivity index (χ0n) is 18.9. The highest BCUT2D eigenvalue weighted by atomic mass is 19.4. The molecule has 188 valence electrons. The monoisotopic (exact) mass is 495 g/mol. The molecule has 1 aliphatic rings. The van der Waals surface area contributed by atoms with E-state index in [0.29, 0.717) is 24.3 Å². The van der Waals surface area contributed by atoms with Gasteiger partial charge in [0.1, 0.15) is 5.82 Å². The molecule has 0 spiro atoms. The van der Waals surface area contributed by atoms with Crippen LogP contribution in [0, 0.1) is 5.82 Å². The van der Waals surface area contributed by atoms with Crippen molar-refractivity contribution >= 4 is 23.5 Å². The Labute approximate surface area is 199 Å². The van der Waals surface area contributed by atoms with Gasteiger partial charge >= 0.3 is 18.1 Å². The van der Waals surface area contributed by atoms with Crippen LogP contribution < -0.4 is 15.8 Å². The molecule has 2 aromatic carbocycles. The summed E-state index contributed by atoms with van der Waals surface area (Å²) in [5, 5.41) is 0. The standard InChI is InChI=1S/C23H25F4N5O3/c1-2-30-11-13-31(14-12-30)22(35)32(19-9-7-18(24)8-10-19)15-16-3-5-17(6-4-16)20(33)28-29-21(34)23(25,26)27/h3-10H,2,11-15H2,1H3,(H,28,33)(H,29,34). The molecule has 1 saturated heterocycles. The van der Waals surface area contributed by atoms with Gasteiger partial charge in [-0.15, -0.1) is 0 Å². The van der Waals surface area contributed by atoms with Crippen LogP contribution in [0.2, 0.25) is 0 Å². The van der Waals surface area contributed by atoms with Crippen LogP contribution in [0.3, 0.4) is 0 Å². The Morgan fingerprint density at radius 3 is 2.06 bits per heavy atom. The van der Waals surface area contributed by atoms with Gasteiger partial charge in [0.15, 0.2) is 0 Å². The van der Waals surface area contributed by atoms with Crippen molar-refractivity contribution in [2.45, 2.75) is 19.6 Å². The van der Waals surface area contributed by atoms with E-state index in [0.717, 1.165) is 19.6 Å². The van der Waals surface area contributed by atoms with Crippen molar-refractivity contribution in [1.29, 1.82) is 0 Å². The fourth-order valence-electron chi connectivity index (χ4n) is 3.52. The smallest absolute Gasteiger partial charge is 0.322 e. The summed E-state index contributed by atoms with van der Waals surface area (Å²) >= 11 is 0. The molecule has 0 unspecified atom stereocenters. The lowest BCUT2D eigenvalue weighted by Crippen LogP contribution is -2.52. The van der Waals surface area contributed by atoms with E-state index in [-0.39, 0.29) is 18.1 Å². The minimum atomic E-state index is -5.13. The van der Waals surface area contributed by atoms with Crippen LogP contribution in [0.25, 0.3) is 0 Å². The molecule has 0 bridgehead atoms. The van der Waals surface area contributed by atoms with Crippen LogP contribution in [0.5, 0.6) is 0 Å². The first-order chi connectivity index (χ1) is 16.6. The molecule has 2 N–H and O–H groups in total.